The zero-order valence-corrected chi connectivity index (χ0v) is 20.9. The molecule has 1 aliphatic heterocycles. The van der Waals surface area contributed by atoms with Crippen molar-refractivity contribution < 1.29 is 13.2 Å². The molecule has 1 aliphatic rings. The molecule has 1 saturated heterocycles. The third-order valence-electron chi connectivity index (χ3n) is 6.60. The second-order valence-corrected chi connectivity index (χ2v) is 11.0. The number of benzene rings is 2. The van der Waals surface area contributed by atoms with Crippen molar-refractivity contribution in [2.24, 2.45) is 20.0 Å². The minimum atomic E-state index is -4.15. The van der Waals surface area contributed by atoms with Crippen LogP contribution in [0.1, 0.15) is 25.3 Å². The van der Waals surface area contributed by atoms with Crippen LogP contribution in [-0.4, -0.2) is 47.5 Å². The first kappa shape index (κ1) is 24.9. The van der Waals surface area contributed by atoms with Gasteiger partial charge in [0.1, 0.15) is 6.04 Å². The standard InChI is InChI=1S/C25H30N4O5S/c1-17-8-7-13-29(16-17)24(31)21(14-18-9-5-4-6-10-18)26-35(33,34)19-11-12-22-20(15-19)23(30)28(3)25(32)27(22)2/h4-6,9-12,15,17,21,26H,7-8,13-14,16H2,1-3H3. The average Bonchev–Trinajstić information content (AvgIpc) is 2.85. The predicted octanol–water partition coefficient (Wildman–Crippen LogP) is 1.39. The van der Waals surface area contributed by atoms with E-state index < -0.39 is 27.3 Å². The first-order valence-corrected chi connectivity index (χ1v) is 13.1. The number of aromatic nitrogens is 2. The van der Waals surface area contributed by atoms with Gasteiger partial charge in [0, 0.05) is 27.2 Å². The molecular weight excluding hydrogens is 468 g/mol. The lowest BCUT2D eigenvalue weighted by Crippen LogP contribution is -2.52. The number of nitrogens with zero attached hydrogens (tertiary/aromatic N) is 3. The van der Waals surface area contributed by atoms with Gasteiger partial charge in [-0.3, -0.25) is 18.7 Å². The summed E-state index contributed by atoms with van der Waals surface area (Å²) in [6, 6.07) is 12.3. The van der Waals surface area contributed by atoms with Crippen LogP contribution in [-0.2, 0) is 35.3 Å². The molecule has 10 heteroatoms. The van der Waals surface area contributed by atoms with Gasteiger partial charge in [0.05, 0.1) is 15.8 Å². The number of sulfonamides is 1. The topological polar surface area (TPSA) is 110 Å². The zero-order chi connectivity index (χ0) is 25.3. The molecule has 1 amide bonds. The normalized spacial score (nSPS) is 17.5. The van der Waals surface area contributed by atoms with Crippen molar-refractivity contribution in [1.29, 1.82) is 0 Å². The van der Waals surface area contributed by atoms with Crippen LogP contribution in [0.15, 0.2) is 63.0 Å². The summed E-state index contributed by atoms with van der Waals surface area (Å²) in [5, 5.41) is 0.105. The van der Waals surface area contributed by atoms with E-state index in [0.717, 1.165) is 23.0 Å². The Hall–Kier alpha value is -3.24. The van der Waals surface area contributed by atoms with E-state index >= 15 is 0 Å². The summed E-state index contributed by atoms with van der Waals surface area (Å²) in [4.78, 5) is 39.9. The number of piperidine rings is 1. The maximum Gasteiger partial charge on any atom is 0.330 e. The highest BCUT2D eigenvalue weighted by molar-refractivity contribution is 7.89. The van der Waals surface area contributed by atoms with Crippen molar-refractivity contribution in [2.45, 2.75) is 37.1 Å². The highest BCUT2D eigenvalue weighted by Gasteiger charge is 2.31. The molecule has 35 heavy (non-hydrogen) atoms. The molecule has 0 spiro atoms. The van der Waals surface area contributed by atoms with Gasteiger partial charge < -0.3 is 4.90 Å². The maximum atomic E-state index is 13.5. The van der Waals surface area contributed by atoms with E-state index in [0.29, 0.717) is 24.5 Å². The molecule has 186 valence electrons. The number of hydrogen-bond acceptors (Lipinski definition) is 5. The molecule has 1 fully saturated rings. The van der Waals surface area contributed by atoms with E-state index in [4.69, 9.17) is 0 Å². The van der Waals surface area contributed by atoms with Crippen molar-refractivity contribution in [2.75, 3.05) is 13.1 Å². The number of carbonyl (C=O) groups is 1. The molecular formula is C25H30N4O5S. The third-order valence-corrected chi connectivity index (χ3v) is 8.06. The lowest BCUT2D eigenvalue weighted by atomic mass is 9.98. The molecule has 3 aromatic rings. The van der Waals surface area contributed by atoms with E-state index in [1.165, 1.54) is 36.9 Å². The van der Waals surface area contributed by atoms with Crippen LogP contribution in [0, 0.1) is 5.92 Å². The molecule has 2 atom stereocenters. The average molecular weight is 499 g/mol. The smallest absolute Gasteiger partial charge is 0.330 e. The number of aryl methyl sites for hydroxylation is 1. The van der Waals surface area contributed by atoms with Gasteiger partial charge in [0.2, 0.25) is 15.9 Å². The Balaban J connectivity index is 1.71. The summed E-state index contributed by atoms with van der Waals surface area (Å²) in [7, 11) is -1.29. The van der Waals surface area contributed by atoms with Gasteiger partial charge in [-0.05, 0) is 48.9 Å². The van der Waals surface area contributed by atoms with Crippen LogP contribution >= 0.6 is 0 Å². The van der Waals surface area contributed by atoms with Crippen LogP contribution in [0.4, 0.5) is 0 Å². The largest absolute Gasteiger partial charge is 0.341 e. The lowest BCUT2D eigenvalue weighted by molar-refractivity contribution is -0.134. The molecule has 2 aromatic carbocycles. The Morgan fingerprint density at radius 3 is 2.49 bits per heavy atom. The van der Waals surface area contributed by atoms with Gasteiger partial charge in [0.15, 0.2) is 0 Å². The quantitative estimate of drug-likeness (QED) is 0.552. The molecule has 4 rings (SSSR count). The fraction of sp³-hybridized carbons (Fsp3) is 0.400. The molecule has 1 aromatic heterocycles. The highest BCUT2D eigenvalue weighted by atomic mass is 32.2. The second kappa shape index (κ2) is 9.79. The predicted molar refractivity (Wildman–Crippen MR) is 134 cm³/mol. The van der Waals surface area contributed by atoms with E-state index in [9.17, 15) is 22.8 Å². The number of carbonyl (C=O) groups excluding carboxylic acids is 1. The number of amides is 1. The van der Waals surface area contributed by atoms with Crippen LogP contribution in [0.2, 0.25) is 0 Å². The fourth-order valence-corrected chi connectivity index (χ4v) is 5.85. The monoisotopic (exact) mass is 498 g/mol. The second-order valence-electron chi connectivity index (χ2n) is 9.28. The summed E-state index contributed by atoms with van der Waals surface area (Å²) in [5.74, 6) is 0.0908. The van der Waals surface area contributed by atoms with Gasteiger partial charge in [-0.25, -0.2) is 13.2 Å². The summed E-state index contributed by atoms with van der Waals surface area (Å²) in [5.41, 5.74) is 0.0807. The van der Waals surface area contributed by atoms with Crippen molar-refractivity contribution in [3.63, 3.8) is 0 Å². The number of fused-ring (bicyclic) bond motifs is 1. The van der Waals surface area contributed by atoms with E-state index in [2.05, 4.69) is 11.6 Å². The number of likely N-dealkylation sites (tertiary alicyclic amines) is 1. The molecule has 0 bridgehead atoms. The molecule has 2 heterocycles. The summed E-state index contributed by atoms with van der Waals surface area (Å²) < 4.78 is 31.7. The Kier molecular flexibility index (Phi) is 6.95. The van der Waals surface area contributed by atoms with Gasteiger partial charge in [-0.2, -0.15) is 4.72 Å². The number of nitrogens with one attached hydrogen (secondary N) is 1. The fourth-order valence-electron chi connectivity index (χ4n) is 4.64. The Bertz CT molecular complexity index is 1480. The SMILES string of the molecule is CC1CCCN(C(=O)C(Cc2ccccc2)NS(=O)(=O)c2ccc3c(c2)c(=O)n(C)c(=O)n3C)C1. The molecule has 0 saturated carbocycles. The lowest BCUT2D eigenvalue weighted by Gasteiger charge is -2.33. The molecule has 0 aliphatic carbocycles. The summed E-state index contributed by atoms with van der Waals surface area (Å²) >= 11 is 0. The molecule has 2 unspecified atom stereocenters. The van der Waals surface area contributed by atoms with Crippen molar-refractivity contribution >= 4 is 26.8 Å². The van der Waals surface area contributed by atoms with Crippen LogP contribution in [0.25, 0.3) is 10.9 Å². The minimum Gasteiger partial charge on any atom is -0.341 e. The number of hydrogen-bond donors (Lipinski definition) is 1. The van der Waals surface area contributed by atoms with E-state index in [1.807, 2.05) is 30.3 Å². The van der Waals surface area contributed by atoms with Crippen molar-refractivity contribution in [1.82, 2.24) is 18.8 Å². The summed E-state index contributed by atoms with van der Waals surface area (Å²) in [6.45, 7) is 3.26. The van der Waals surface area contributed by atoms with Gasteiger partial charge in [0.25, 0.3) is 5.56 Å². The van der Waals surface area contributed by atoms with Crippen molar-refractivity contribution in [3.8, 4) is 0 Å². The first-order valence-electron chi connectivity index (χ1n) is 11.6. The van der Waals surface area contributed by atoms with E-state index in [1.54, 1.807) is 4.90 Å². The maximum absolute atomic E-state index is 13.5. The Labute approximate surface area is 204 Å². The highest BCUT2D eigenvalue weighted by Crippen LogP contribution is 2.20. The van der Waals surface area contributed by atoms with E-state index in [-0.39, 0.29) is 22.6 Å². The first-order chi connectivity index (χ1) is 16.6. The van der Waals surface area contributed by atoms with Gasteiger partial charge in [-0.1, -0.05) is 37.3 Å². The minimum absolute atomic E-state index is 0.105. The molecule has 9 nitrogen and oxygen atoms in total. The van der Waals surface area contributed by atoms with Gasteiger partial charge >= 0.3 is 5.69 Å². The van der Waals surface area contributed by atoms with Crippen LogP contribution in [0.3, 0.4) is 0 Å². The Morgan fingerprint density at radius 1 is 1.09 bits per heavy atom. The van der Waals surface area contributed by atoms with Crippen LogP contribution < -0.4 is 16.0 Å². The Morgan fingerprint density at radius 2 is 1.80 bits per heavy atom. The van der Waals surface area contributed by atoms with Gasteiger partial charge in [-0.15, -0.1) is 0 Å². The third kappa shape index (κ3) is 5.08. The molecule has 0 radical (unpaired) electrons. The van der Waals surface area contributed by atoms with Crippen LogP contribution in [0.5, 0.6) is 0 Å². The summed E-state index contributed by atoms with van der Waals surface area (Å²) in [6.07, 6.45) is 2.12. The van der Waals surface area contributed by atoms with Crippen molar-refractivity contribution in [3.05, 3.63) is 74.9 Å². The number of rotatable bonds is 6. The zero-order valence-electron chi connectivity index (χ0n) is 20.1. The molecule has 1 N–H and O–H groups in total.